The molecule has 1 aromatic heterocycles. The average molecular weight is 316 g/mol. The summed E-state index contributed by atoms with van der Waals surface area (Å²) < 4.78 is 5.06. The highest BCUT2D eigenvalue weighted by atomic mass is 16.4. The van der Waals surface area contributed by atoms with Gasteiger partial charge < -0.3 is 20.2 Å². The molecule has 3 N–H and O–H groups in total. The van der Waals surface area contributed by atoms with Crippen molar-refractivity contribution in [2.75, 3.05) is 11.9 Å². The van der Waals surface area contributed by atoms with Crippen LogP contribution in [-0.2, 0) is 9.59 Å². The summed E-state index contributed by atoms with van der Waals surface area (Å²) in [6, 6.07) is 8.82. The van der Waals surface area contributed by atoms with E-state index in [-0.39, 0.29) is 13.0 Å². The van der Waals surface area contributed by atoms with E-state index in [1.54, 1.807) is 18.2 Å². The van der Waals surface area contributed by atoms with Crippen molar-refractivity contribution in [1.29, 1.82) is 0 Å². The highest BCUT2D eigenvalue weighted by Gasteiger charge is 2.16. The molecule has 1 heterocycles. The summed E-state index contributed by atoms with van der Waals surface area (Å²) in [7, 11) is 0. The zero-order chi connectivity index (χ0) is 16.8. The van der Waals surface area contributed by atoms with E-state index in [1.165, 1.54) is 6.26 Å². The van der Waals surface area contributed by atoms with Gasteiger partial charge in [0.25, 0.3) is 0 Å². The van der Waals surface area contributed by atoms with Crippen LogP contribution < -0.4 is 10.6 Å². The number of furan rings is 1. The molecule has 2 rings (SSSR count). The van der Waals surface area contributed by atoms with E-state index in [2.05, 4.69) is 10.6 Å². The maximum absolute atomic E-state index is 11.9. The van der Waals surface area contributed by atoms with Crippen molar-refractivity contribution in [3.05, 3.63) is 53.5 Å². The topological polar surface area (TPSA) is 91.6 Å². The predicted octanol–water partition coefficient (Wildman–Crippen LogP) is 2.07. The molecular formula is C17H20N2O4. The van der Waals surface area contributed by atoms with Gasteiger partial charge in [-0.25, -0.2) is 0 Å². The van der Waals surface area contributed by atoms with Gasteiger partial charge in [-0.3, -0.25) is 9.59 Å². The molecule has 6 nitrogen and oxygen atoms in total. The molecule has 0 aliphatic heterocycles. The van der Waals surface area contributed by atoms with Gasteiger partial charge in [-0.05, 0) is 49.6 Å². The molecule has 0 radical (unpaired) electrons. The van der Waals surface area contributed by atoms with Gasteiger partial charge in [0.1, 0.15) is 11.9 Å². The number of anilines is 1. The third kappa shape index (κ3) is 4.43. The number of amides is 2. The van der Waals surface area contributed by atoms with Crippen molar-refractivity contribution in [2.45, 2.75) is 26.4 Å². The monoisotopic (exact) mass is 316 g/mol. The van der Waals surface area contributed by atoms with E-state index < -0.39 is 17.9 Å². The molecule has 2 aromatic rings. The van der Waals surface area contributed by atoms with Crippen molar-refractivity contribution < 1.29 is 19.1 Å². The zero-order valence-corrected chi connectivity index (χ0v) is 13.1. The van der Waals surface area contributed by atoms with Crippen molar-refractivity contribution in [2.24, 2.45) is 0 Å². The highest BCUT2D eigenvalue weighted by molar-refractivity contribution is 6.39. The Morgan fingerprint density at radius 2 is 1.96 bits per heavy atom. The van der Waals surface area contributed by atoms with Crippen LogP contribution >= 0.6 is 0 Å². The summed E-state index contributed by atoms with van der Waals surface area (Å²) in [5, 5.41) is 14.9. The Morgan fingerprint density at radius 1 is 1.17 bits per heavy atom. The van der Waals surface area contributed by atoms with Crippen molar-refractivity contribution in [3.8, 4) is 0 Å². The van der Waals surface area contributed by atoms with Crippen molar-refractivity contribution >= 4 is 17.5 Å². The van der Waals surface area contributed by atoms with Crippen LogP contribution in [0.1, 0.15) is 29.4 Å². The first-order chi connectivity index (χ1) is 11.0. The van der Waals surface area contributed by atoms with Crippen LogP contribution in [0, 0.1) is 13.8 Å². The Balaban J connectivity index is 1.81. The molecule has 122 valence electrons. The van der Waals surface area contributed by atoms with Gasteiger partial charge in [-0.2, -0.15) is 0 Å². The molecule has 0 unspecified atom stereocenters. The van der Waals surface area contributed by atoms with Crippen molar-refractivity contribution in [1.82, 2.24) is 5.32 Å². The molecule has 0 fully saturated rings. The van der Waals surface area contributed by atoms with Gasteiger partial charge in [0.15, 0.2) is 0 Å². The second-order valence-electron chi connectivity index (χ2n) is 5.28. The second kappa shape index (κ2) is 7.60. The maximum Gasteiger partial charge on any atom is 0.313 e. The largest absolute Gasteiger partial charge is 0.467 e. The van der Waals surface area contributed by atoms with Crippen molar-refractivity contribution in [3.63, 3.8) is 0 Å². The standard InChI is InChI=1S/C17H20N2O4/c1-11-5-3-6-13(12(11)2)19-17(22)16(21)18-9-8-14(20)15-7-4-10-23-15/h3-7,10,14,20H,8-9H2,1-2H3,(H,18,21)(H,19,22)/t14-/m0/s1. The van der Waals surface area contributed by atoms with Gasteiger partial charge in [0.2, 0.25) is 0 Å². The van der Waals surface area contributed by atoms with Crippen LogP contribution in [-0.4, -0.2) is 23.5 Å². The van der Waals surface area contributed by atoms with Crippen LogP contribution in [0.2, 0.25) is 0 Å². The van der Waals surface area contributed by atoms with Gasteiger partial charge in [0.05, 0.1) is 6.26 Å². The van der Waals surface area contributed by atoms with Crippen LogP contribution in [0.15, 0.2) is 41.0 Å². The first-order valence-electron chi connectivity index (χ1n) is 7.36. The van der Waals surface area contributed by atoms with E-state index in [9.17, 15) is 14.7 Å². The fraction of sp³-hybridized carbons (Fsp3) is 0.294. The number of nitrogens with one attached hydrogen (secondary N) is 2. The third-order valence-corrected chi connectivity index (χ3v) is 3.63. The van der Waals surface area contributed by atoms with E-state index in [1.807, 2.05) is 26.0 Å². The third-order valence-electron chi connectivity index (χ3n) is 3.63. The van der Waals surface area contributed by atoms with Gasteiger partial charge in [-0.15, -0.1) is 0 Å². The second-order valence-corrected chi connectivity index (χ2v) is 5.28. The summed E-state index contributed by atoms with van der Waals surface area (Å²) in [5.41, 5.74) is 2.56. The molecule has 0 aliphatic carbocycles. The number of hydrogen-bond donors (Lipinski definition) is 3. The molecule has 0 saturated heterocycles. The zero-order valence-electron chi connectivity index (χ0n) is 13.1. The number of carbonyl (C=O) groups excluding carboxylic acids is 2. The minimum Gasteiger partial charge on any atom is -0.467 e. The van der Waals surface area contributed by atoms with Crippen LogP contribution in [0.5, 0.6) is 0 Å². The first-order valence-corrected chi connectivity index (χ1v) is 7.36. The van der Waals surface area contributed by atoms with Gasteiger partial charge >= 0.3 is 11.8 Å². The maximum atomic E-state index is 11.9. The molecular weight excluding hydrogens is 296 g/mol. The smallest absolute Gasteiger partial charge is 0.313 e. The summed E-state index contributed by atoms with van der Waals surface area (Å²) >= 11 is 0. The van der Waals surface area contributed by atoms with Crippen LogP contribution in [0.3, 0.4) is 0 Å². The highest BCUT2D eigenvalue weighted by Crippen LogP contribution is 2.18. The van der Waals surface area contributed by atoms with E-state index in [4.69, 9.17) is 4.42 Å². The first kappa shape index (κ1) is 16.8. The number of hydrogen-bond acceptors (Lipinski definition) is 4. The normalized spacial score (nSPS) is 11.8. The Bertz CT molecular complexity index is 680. The quantitative estimate of drug-likeness (QED) is 0.736. The number of aliphatic hydroxyl groups is 1. The Hall–Kier alpha value is -2.60. The predicted molar refractivity (Wildman–Crippen MR) is 85.8 cm³/mol. The minimum absolute atomic E-state index is 0.168. The molecule has 2 amide bonds. The Kier molecular flexibility index (Phi) is 5.54. The molecule has 6 heteroatoms. The molecule has 1 aromatic carbocycles. The molecule has 0 spiro atoms. The molecule has 23 heavy (non-hydrogen) atoms. The molecule has 0 aliphatic rings. The summed E-state index contributed by atoms with van der Waals surface area (Å²) in [5.74, 6) is -1.04. The average Bonchev–Trinajstić information content (AvgIpc) is 3.06. The lowest BCUT2D eigenvalue weighted by atomic mass is 10.1. The summed E-state index contributed by atoms with van der Waals surface area (Å²) in [6.45, 7) is 3.98. The summed E-state index contributed by atoms with van der Waals surface area (Å²) in [4.78, 5) is 23.7. The number of aliphatic hydroxyl groups excluding tert-OH is 1. The minimum atomic E-state index is -0.813. The lowest BCUT2D eigenvalue weighted by Crippen LogP contribution is -2.36. The number of benzene rings is 1. The lowest BCUT2D eigenvalue weighted by Gasteiger charge is -2.11. The van der Waals surface area contributed by atoms with E-state index in [0.717, 1.165) is 11.1 Å². The van der Waals surface area contributed by atoms with Crippen LogP contribution in [0.25, 0.3) is 0 Å². The number of aryl methyl sites for hydroxylation is 1. The SMILES string of the molecule is Cc1cccc(NC(=O)C(=O)NCC[C@H](O)c2ccco2)c1C. The van der Waals surface area contributed by atoms with Crippen LogP contribution in [0.4, 0.5) is 5.69 Å². The molecule has 1 atom stereocenters. The molecule has 0 bridgehead atoms. The van der Waals surface area contributed by atoms with Gasteiger partial charge in [-0.1, -0.05) is 12.1 Å². The summed E-state index contributed by atoms with van der Waals surface area (Å²) in [6.07, 6.45) is 0.914. The number of rotatable bonds is 5. The van der Waals surface area contributed by atoms with E-state index >= 15 is 0 Å². The lowest BCUT2D eigenvalue weighted by molar-refractivity contribution is -0.136. The van der Waals surface area contributed by atoms with E-state index in [0.29, 0.717) is 11.4 Å². The Morgan fingerprint density at radius 3 is 2.65 bits per heavy atom. The number of carbonyl (C=O) groups is 2. The fourth-order valence-electron chi connectivity index (χ4n) is 2.09. The molecule has 0 saturated carbocycles. The fourth-order valence-corrected chi connectivity index (χ4v) is 2.09. The Labute approximate surface area is 134 Å². The van der Waals surface area contributed by atoms with Gasteiger partial charge in [0, 0.05) is 12.2 Å².